The fourth-order valence-electron chi connectivity index (χ4n) is 2.97. The molecule has 0 saturated heterocycles. The Hall–Kier alpha value is -1.02. The third kappa shape index (κ3) is 2.32. The smallest absolute Gasteiger partial charge is 0.124 e. The Morgan fingerprint density at radius 1 is 1.06 bits per heavy atom. The Morgan fingerprint density at radius 3 is 2.06 bits per heavy atom. The van der Waals surface area contributed by atoms with Crippen molar-refractivity contribution in [3.63, 3.8) is 0 Å². The SMILES string of the molecule is COc1c(C)cc(C2(O)CCCCC2)cc1C. The van der Waals surface area contributed by atoms with E-state index in [2.05, 4.69) is 12.1 Å². The molecule has 1 aliphatic carbocycles. The quantitative estimate of drug-likeness (QED) is 0.849. The van der Waals surface area contributed by atoms with Crippen LogP contribution in [0.4, 0.5) is 0 Å². The number of aryl methyl sites for hydroxylation is 2. The zero-order chi connectivity index (χ0) is 12.5. The average molecular weight is 234 g/mol. The third-order valence-corrected chi connectivity index (χ3v) is 3.88. The fourth-order valence-corrected chi connectivity index (χ4v) is 2.97. The topological polar surface area (TPSA) is 29.5 Å². The molecule has 0 aliphatic heterocycles. The Morgan fingerprint density at radius 2 is 1.59 bits per heavy atom. The van der Waals surface area contributed by atoms with Gasteiger partial charge in [-0.05, 0) is 55.5 Å². The Bertz CT molecular complexity index is 380. The van der Waals surface area contributed by atoms with Crippen LogP contribution in [0.25, 0.3) is 0 Å². The number of methoxy groups -OCH3 is 1. The average Bonchev–Trinajstić information content (AvgIpc) is 2.29. The highest BCUT2D eigenvalue weighted by molar-refractivity contribution is 5.45. The maximum Gasteiger partial charge on any atom is 0.124 e. The second-order valence-electron chi connectivity index (χ2n) is 5.24. The van der Waals surface area contributed by atoms with Gasteiger partial charge in [0, 0.05) is 0 Å². The molecule has 0 unspecified atom stereocenters. The Labute approximate surface area is 104 Å². The minimum Gasteiger partial charge on any atom is -0.496 e. The molecular weight excluding hydrogens is 212 g/mol. The molecule has 1 aromatic carbocycles. The summed E-state index contributed by atoms with van der Waals surface area (Å²) in [4.78, 5) is 0. The van der Waals surface area contributed by atoms with Crippen molar-refractivity contribution in [2.45, 2.75) is 51.6 Å². The summed E-state index contributed by atoms with van der Waals surface area (Å²) in [5.74, 6) is 0.938. The summed E-state index contributed by atoms with van der Waals surface area (Å²) in [6, 6.07) is 4.16. The molecule has 1 aromatic rings. The van der Waals surface area contributed by atoms with Crippen LogP contribution in [-0.4, -0.2) is 12.2 Å². The zero-order valence-corrected chi connectivity index (χ0v) is 11.0. The van der Waals surface area contributed by atoms with Crippen molar-refractivity contribution in [1.82, 2.24) is 0 Å². The van der Waals surface area contributed by atoms with E-state index in [4.69, 9.17) is 4.74 Å². The van der Waals surface area contributed by atoms with Crippen LogP contribution in [0.1, 0.15) is 48.8 Å². The summed E-state index contributed by atoms with van der Waals surface area (Å²) in [7, 11) is 1.70. The number of benzene rings is 1. The van der Waals surface area contributed by atoms with E-state index in [1.807, 2.05) is 13.8 Å². The predicted octanol–water partition coefficient (Wildman–Crippen LogP) is 3.46. The molecule has 17 heavy (non-hydrogen) atoms. The maximum atomic E-state index is 10.7. The van der Waals surface area contributed by atoms with Crippen LogP contribution >= 0.6 is 0 Å². The Kier molecular flexibility index (Phi) is 3.43. The van der Waals surface area contributed by atoms with E-state index < -0.39 is 5.60 Å². The summed E-state index contributed by atoms with van der Waals surface area (Å²) < 4.78 is 5.37. The van der Waals surface area contributed by atoms with Crippen molar-refractivity contribution in [2.75, 3.05) is 7.11 Å². The molecule has 0 atom stereocenters. The maximum absolute atomic E-state index is 10.7. The largest absolute Gasteiger partial charge is 0.496 e. The molecule has 94 valence electrons. The molecule has 1 N–H and O–H groups in total. The highest BCUT2D eigenvalue weighted by Crippen LogP contribution is 2.39. The van der Waals surface area contributed by atoms with Crippen molar-refractivity contribution < 1.29 is 9.84 Å². The monoisotopic (exact) mass is 234 g/mol. The highest BCUT2D eigenvalue weighted by Gasteiger charge is 2.31. The van der Waals surface area contributed by atoms with Crippen LogP contribution in [-0.2, 0) is 5.60 Å². The first-order valence-electron chi connectivity index (χ1n) is 6.45. The van der Waals surface area contributed by atoms with Gasteiger partial charge in [0.2, 0.25) is 0 Å². The van der Waals surface area contributed by atoms with E-state index in [0.717, 1.165) is 48.1 Å². The van der Waals surface area contributed by atoms with Crippen molar-refractivity contribution in [1.29, 1.82) is 0 Å². The van der Waals surface area contributed by atoms with Gasteiger partial charge in [-0.3, -0.25) is 0 Å². The van der Waals surface area contributed by atoms with E-state index in [-0.39, 0.29) is 0 Å². The van der Waals surface area contributed by atoms with Gasteiger partial charge in [0.25, 0.3) is 0 Å². The summed E-state index contributed by atoms with van der Waals surface area (Å²) in [5.41, 5.74) is 2.68. The molecule has 2 nitrogen and oxygen atoms in total. The van der Waals surface area contributed by atoms with Crippen molar-refractivity contribution in [3.8, 4) is 5.75 Å². The number of rotatable bonds is 2. The highest BCUT2D eigenvalue weighted by atomic mass is 16.5. The lowest BCUT2D eigenvalue weighted by atomic mass is 9.79. The second-order valence-corrected chi connectivity index (χ2v) is 5.24. The molecule has 1 saturated carbocycles. The molecule has 1 fully saturated rings. The van der Waals surface area contributed by atoms with Gasteiger partial charge in [0.1, 0.15) is 5.75 Å². The Balaban J connectivity index is 2.39. The van der Waals surface area contributed by atoms with Gasteiger partial charge >= 0.3 is 0 Å². The molecular formula is C15H22O2. The molecule has 2 heteroatoms. The molecule has 0 heterocycles. The number of aliphatic hydroxyl groups is 1. The molecule has 0 amide bonds. The number of hydrogen-bond acceptors (Lipinski definition) is 2. The van der Waals surface area contributed by atoms with Gasteiger partial charge in [0.15, 0.2) is 0 Å². The summed E-state index contributed by atoms with van der Waals surface area (Å²) in [6.07, 6.45) is 5.27. The number of ether oxygens (including phenoxy) is 1. The number of hydrogen-bond donors (Lipinski definition) is 1. The van der Waals surface area contributed by atoms with Gasteiger partial charge in [-0.15, -0.1) is 0 Å². The van der Waals surface area contributed by atoms with Gasteiger partial charge in [-0.1, -0.05) is 19.3 Å². The van der Waals surface area contributed by atoms with E-state index in [0.29, 0.717) is 0 Å². The van der Waals surface area contributed by atoms with Crippen LogP contribution < -0.4 is 4.74 Å². The van der Waals surface area contributed by atoms with Gasteiger partial charge < -0.3 is 9.84 Å². The first kappa shape index (κ1) is 12.4. The van der Waals surface area contributed by atoms with E-state index in [1.54, 1.807) is 7.11 Å². The van der Waals surface area contributed by atoms with Gasteiger partial charge in [-0.2, -0.15) is 0 Å². The molecule has 0 radical (unpaired) electrons. The van der Waals surface area contributed by atoms with Crippen LogP contribution in [0.2, 0.25) is 0 Å². The molecule has 2 rings (SSSR count). The molecule has 1 aliphatic rings. The minimum absolute atomic E-state index is 0.611. The van der Waals surface area contributed by atoms with Crippen molar-refractivity contribution in [3.05, 3.63) is 28.8 Å². The fraction of sp³-hybridized carbons (Fsp3) is 0.600. The lowest BCUT2D eigenvalue weighted by Crippen LogP contribution is -2.28. The first-order chi connectivity index (χ1) is 8.07. The van der Waals surface area contributed by atoms with E-state index in [9.17, 15) is 5.11 Å². The lowest BCUT2D eigenvalue weighted by molar-refractivity contribution is -0.000760. The van der Waals surface area contributed by atoms with Crippen LogP contribution in [0.3, 0.4) is 0 Å². The summed E-state index contributed by atoms with van der Waals surface area (Å²) in [6.45, 7) is 4.09. The summed E-state index contributed by atoms with van der Waals surface area (Å²) >= 11 is 0. The lowest BCUT2D eigenvalue weighted by Gasteiger charge is -2.33. The van der Waals surface area contributed by atoms with E-state index >= 15 is 0 Å². The van der Waals surface area contributed by atoms with Crippen molar-refractivity contribution in [2.24, 2.45) is 0 Å². The standard InChI is InChI=1S/C15H22O2/c1-11-9-13(10-12(2)14(11)17-3)15(16)7-5-4-6-8-15/h9-10,16H,4-8H2,1-3H3. The third-order valence-electron chi connectivity index (χ3n) is 3.88. The summed E-state index contributed by atoms with van der Waals surface area (Å²) in [5, 5.41) is 10.7. The normalized spacial score (nSPS) is 19.1. The van der Waals surface area contributed by atoms with Gasteiger partial charge in [0.05, 0.1) is 12.7 Å². The van der Waals surface area contributed by atoms with Crippen LogP contribution in [0.5, 0.6) is 5.75 Å². The van der Waals surface area contributed by atoms with Crippen LogP contribution in [0, 0.1) is 13.8 Å². The van der Waals surface area contributed by atoms with Gasteiger partial charge in [-0.25, -0.2) is 0 Å². The molecule has 0 spiro atoms. The predicted molar refractivity (Wildman–Crippen MR) is 69.4 cm³/mol. The van der Waals surface area contributed by atoms with Crippen molar-refractivity contribution >= 4 is 0 Å². The minimum atomic E-state index is -0.611. The van der Waals surface area contributed by atoms with E-state index in [1.165, 1.54) is 6.42 Å². The molecule has 0 bridgehead atoms. The van der Waals surface area contributed by atoms with Crippen LogP contribution in [0.15, 0.2) is 12.1 Å². The zero-order valence-electron chi connectivity index (χ0n) is 11.0. The first-order valence-corrected chi connectivity index (χ1v) is 6.45. The second kappa shape index (κ2) is 4.69. The molecule has 0 aromatic heterocycles.